The number of methoxy groups -OCH3 is 1. The average molecular weight is 185 g/mol. The van der Waals surface area contributed by atoms with Crippen LogP contribution in [0.25, 0.3) is 0 Å². The van der Waals surface area contributed by atoms with E-state index < -0.39 is 0 Å². The highest BCUT2D eigenvalue weighted by atomic mass is 16.5. The summed E-state index contributed by atoms with van der Waals surface area (Å²) in [5.41, 5.74) is 5.82. The van der Waals surface area contributed by atoms with Crippen LogP contribution >= 0.6 is 0 Å². The van der Waals surface area contributed by atoms with E-state index in [0.29, 0.717) is 24.2 Å². The van der Waals surface area contributed by atoms with Gasteiger partial charge in [0, 0.05) is 7.11 Å². The largest absolute Gasteiger partial charge is 0.375 e. The van der Waals surface area contributed by atoms with E-state index in [-0.39, 0.29) is 6.04 Å². The van der Waals surface area contributed by atoms with Crippen LogP contribution in [-0.4, -0.2) is 17.3 Å². The van der Waals surface area contributed by atoms with Crippen LogP contribution in [0.2, 0.25) is 0 Å². The molecule has 0 saturated carbocycles. The van der Waals surface area contributed by atoms with Crippen LogP contribution in [0.15, 0.2) is 4.52 Å². The summed E-state index contributed by atoms with van der Waals surface area (Å²) in [6.45, 7) is 4.35. The van der Waals surface area contributed by atoms with Crippen molar-refractivity contribution < 1.29 is 9.26 Å². The van der Waals surface area contributed by atoms with E-state index in [1.807, 2.05) is 13.8 Å². The van der Waals surface area contributed by atoms with E-state index in [1.165, 1.54) is 0 Å². The van der Waals surface area contributed by atoms with Gasteiger partial charge in [-0.25, -0.2) is 0 Å². The first-order valence-electron chi connectivity index (χ1n) is 4.22. The van der Waals surface area contributed by atoms with Crippen LogP contribution in [0.3, 0.4) is 0 Å². The SMILES string of the molecule is COCc1nc(C(N)C(C)C)no1. The molecular formula is C8H15N3O2. The van der Waals surface area contributed by atoms with Crippen LogP contribution in [0.5, 0.6) is 0 Å². The van der Waals surface area contributed by atoms with Gasteiger partial charge < -0.3 is 15.0 Å². The van der Waals surface area contributed by atoms with Crippen molar-refractivity contribution in [2.45, 2.75) is 26.5 Å². The predicted molar refractivity (Wildman–Crippen MR) is 46.8 cm³/mol. The summed E-state index contributed by atoms with van der Waals surface area (Å²) in [4.78, 5) is 4.09. The van der Waals surface area contributed by atoms with Crippen molar-refractivity contribution >= 4 is 0 Å². The van der Waals surface area contributed by atoms with Crippen molar-refractivity contribution in [3.63, 3.8) is 0 Å². The molecule has 1 atom stereocenters. The zero-order valence-corrected chi connectivity index (χ0v) is 8.15. The minimum Gasteiger partial charge on any atom is -0.375 e. The molecule has 0 amide bonds. The normalized spacial score (nSPS) is 13.6. The molecule has 0 aromatic carbocycles. The van der Waals surface area contributed by atoms with Gasteiger partial charge in [-0.15, -0.1) is 0 Å². The summed E-state index contributed by atoms with van der Waals surface area (Å²) < 4.78 is 9.75. The fraction of sp³-hybridized carbons (Fsp3) is 0.750. The van der Waals surface area contributed by atoms with Crippen molar-refractivity contribution in [1.29, 1.82) is 0 Å². The summed E-state index contributed by atoms with van der Waals surface area (Å²) in [7, 11) is 1.58. The number of hydrogen-bond acceptors (Lipinski definition) is 5. The average Bonchev–Trinajstić information content (AvgIpc) is 2.52. The second-order valence-electron chi connectivity index (χ2n) is 3.25. The molecule has 0 aliphatic heterocycles. The van der Waals surface area contributed by atoms with Gasteiger partial charge in [-0.1, -0.05) is 19.0 Å². The van der Waals surface area contributed by atoms with Crippen LogP contribution in [0.4, 0.5) is 0 Å². The van der Waals surface area contributed by atoms with E-state index in [9.17, 15) is 0 Å². The third-order valence-electron chi connectivity index (χ3n) is 1.77. The zero-order chi connectivity index (χ0) is 9.84. The highest BCUT2D eigenvalue weighted by Gasteiger charge is 2.16. The Morgan fingerprint density at radius 2 is 2.23 bits per heavy atom. The number of ether oxygens (including phenoxy) is 1. The van der Waals surface area contributed by atoms with Crippen molar-refractivity contribution in [2.75, 3.05) is 7.11 Å². The lowest BCUT2D eigenvalue weighted by atomic mass is 10.1. The Balaban J connectivity index is 2.67. The summed E-state index contributed by atoms with van der Waals surface area (Å²) in [5, 5.41) is 3.76. The molecule has 0 saturated heterocycles. The molecule has 0 spiro atoms. The smallest absolute Gasteiger partial charge is 0.252 e. The second kappa shape index (κ2) is 4.34. The second-order valence-corrected chi connectivity index (χ2v) is 3.25. The molecule has 0 bridgehead atoms. The van der Waals surface area contributed by atoms with Crippen molar-refractivity contribution in [1.82, 2.24) is 10.1 Å². The van der Waals surface area contributed by atoms with Gasteiger partial charge in [0.15, 0.2) is 5.82 Å². The molecule has 0 fully saturated rings. The Labute approximate surface area is 77.3 Å². The van der Waals surface area contributed by atoms with E-state index in [1.54, 1.807) is 7.11 Å². The van der Waals surface area contributed by atoms with E-state index in [4.69, 9.17) is 15.0 Å². The highest BCUT2D eigenvalue weighted by molar-refractivity contribution is 4.93. The van der Waals surface area contributed by atoms with Gasteiger partial charge in [0.2, 0.25) is 0 Å². The topological polar surface area (TPSA) is 74.2 Å². The molecule has 1 aromatic rings. The summed E-state index contributed by atoms with van der Waals surface area (Å²) in [6.07, 6.45) is 0. The van der Waals surface area contributed by atoms with E-state index >= 15 is 0 Å². The minimum absolute atomic E-state index is 0.172. The molecule has 5 heteroatoms. The lowest BCUT2D eigenvalue weighted by Gasteiger charge is -2.09. The maximum atomic E-state index is 5.82. The third kappa shape index (κ3) is 2.50. The predicted octanol–water partition coefficient (Wildman–Crippen LogP) is 0.872. The lowest BCUT2D eigenvalue weighted by molar-refractivity contribution is 0.151. The van der Waals surface area contributed by atoms with Gasteiger partial charge in [-0.2, -0.15) is 4.98 Å². The number of nitrogens with zero attached hydrogens (tertiary/aromatic N) is 2. The standard InChI is InChI=1S/C8H15N3O2/c1-5(2)7(9)8-10-6(4-12-3)13-11-8/h5,7H,4,9H2,1-3H3. The molecule has 5 nitrogen and oxygen atoms in total. The quantitative estimate of drug-likeness (QED) is 0.753. The third-order valence-corrected chi connectivity index (χ3v) is 1.77. The molecule has 0 radical (unpaired) electrons. The van der Waals surface area contributed by atoms with E-state index in [2.05, 4.69) is 10.1 Å². The Morgan fingerprint density at radius 1 is 1.54 bits per heavy atom. The Hall–Kier alpha value is -0.940. The van der Waals surface area contributed by atoms with Gasteiger partial charge in [0.1, 0.15) is 6.61 Å². The van der Waals surface area contributed by atoms with Crippen molar-refractivity contribution in [3.8, 4) is 0 Å². The van der Waals surface area contributed by atoms with Gasteiger partial charge in [0.25, 0.3) is 5.89 Å². The molecule has 1 unspecified atom stereocenters. The molecule has 0 aliphatic carbocycles. The van der Waals surface area contributed by atoms with Crippen molar-refractivity contribution in [2.24, 2.45) is 11.7 Å². The lowest BCUT2D eigenvalue weighted by Crippen LogP contribution is -2.18. The number of rotatable bonds is 4. The zero-order valence-electron chi connectivity index (χ0n) is 8.15. The molecule has 0 aliphatic rings. The number of hydrogen-bond donors (Lipinski definition) is 1. The van der Waals surface area contributed by atoms with Crippen LogP contribution in [0, 0.1) is 5.92 Å². The van der Waals surface area contributed by atoms with Crippen LogP contribution in [-0.2, 0) is 11.3 Å². The fourth-order valence-electron chi connectivity index (χ4n) is 0.884. The summed E-state index contributed by atoms with van der Waals surface area (Å²) >= 11 is 0. The molecular weight excluding hydrogens is 170 g/mol. The van der Waals surface area contributed by atoms with Gasteiger partial charge in [-0.05, 0) is 5.92 Å². The van der Waals surface area contributed by atoms with Crippen molar-refractivity contribution in [3.05, 3.63) is 11.7 Å². The first-order chi connectivity index (χ1) is 6.15. The molecule has 2 N–H and O–H groups in total. The molecule has 1 rings (SSSR count). The molecule has 1 aromatic heterocycles. The fourth-order valence-corrected chi connectivity index (χ4v) is 0.884. The summed E-state index contributed by atoms with van der Waals surface area (Å²) in [6, 6.07) is -0.172. The Kier molecular flexibility index (Phi) is 3.39. The Morgan fingerprint density at radius 3 is 2.77 bits per heavy atom. The highest BCUT2D eigenvalue weighted by Crippen LogP contribution is 2.15. The van der Waals surface area contributed by atoms with Gasteiger partial charge in [-0.3, -0.25) is 0 Å². The monoisotopic (exact) mass is 185 g/mol. The number of nitrogens with two attached hydrogens (primary N) is 1. The molecule has 13 heavy (non-hydrogen) atoms. The maximum Gasteiger partial charge on any atom is 0.252 e. The van der Waals surface area contributed by atoms with Gasteiger partial charge >= 0.3 is 0 Å². The Bertz CT molecular complexity index is 260. The minimum atomic E-state index is -0.172. The first-order valence-corrected chi connectivity index (χ1v) is 4.22. The van der Waals surface area contributed by atoms with E-state index in [0.717, 1.165) is 0 Å². The van der Waals surface area contributed by atoms with Crippen LogP contribution in [0.1, 0.15) is 31.6 Å². The molecule has 1 heterocycles. The van der Waals surface area contributed by atoms with Gasteiger partial charge in [0.05, 0.1) is 6.04 Å². The first kappa shape index (κ1) is 10.1. The maximum absolute atomic E-state index is 5.82. The molecule has 74 valence electrons. The number of aromatic nitrogens is 2. The summed E-state index contributed by atoms with van der Waals surface area (Å²) in [5.74, 6) is 1.31. The van der Waals surface area contributed by atoms with Crippen LogP contribution < -0.4 is 5.73 Å².